The standard InChI is InChI=1S/C28H33N5O4S/c1-26(2,3)37-25(34)32-24-30-20-10-13-38-22(20)23(31-24)33-16-17(8-11-27(4,5)35)19-15-29-18(14-21(19)33)9-12-28(6,7)36/h10,13-16,35-36H,8,11H2,1-7H3,(H,30,31,32,34). The molecule has 200 valence electrons. The van der Waals surface area contributed by atoms with Gasteiger partial charge in [0.2, 0.25) is 5.95 Å². The van der Waals surface area contributed by atoms with E-state index in [9.17, 15) is 15.0 Å². The molecule has 9 nitrogen and oxygen atoms in total. The Morgan fingerprint density at radius 1 is 1.16 bits per heavy atom. The molecule has 0 aromatic carbocycles. The van der Waals surface area contributed by atoms with Gasteiger partial charge in [-0.25, -0.2) is 14.8 Å². The molecule has 0 saturated carbocycles. The average Bonchev–Trinajstić information content (AvgIpc) is 3.37. The number of aliphatic hydroxyl groups is 2. The fourth-order valence-electron chi connectivity index (χ4n) is 3.75. The highest BCUT2D eigenvalue weighted by atomic mass is 32.1. The number of ether oxygens (including phenoxy) is 1. The zero-order valence-electron chi connectivity index (χ0n) is 22.7. The summed E-state index contributed by atoms with van der Waals surface area (Å²) >= 11 is 1.49. The van der Waals surface area contributed by atoms with Gasteiger partial charge in [-0.05, 0) is 90.3 Å². The molecule has 0 aliphatic heterocycles. The molecule has 38 heavy (non-hydrogen) atoms. The van der Waals surface area contributed by atoms with Gasteiger partial charge in [0.25, 0.3) is 0 Å². The van der Waals surface area contributed by atoms with Crippen LogP contribution in [0, 0.1) is 11.8 Å². The fraction of sp³-hybridized carbons (Fsp3) is 0.429. The van der Waals surface area contributed by atoms with Gasteiger partial charge in [0.1, 0.15) is 16.9 Å². The Hall–Kier alpha value is -3.52. The van der Waals surface area contributed by atoms with E-state index in [1.54, 1.807) is 54.7 Å². The van der Waals surface area contributed by atoms with Crippen LogP contribution in [0.2, 0.25) is 0 Å². The number of amides is 1. The van der Waals surface area contributed by atoms with E-state index in [4.69, 9.17) is 9.72 Å². The van der Waals surface area contributed by atoms with E-state index in [0.717, 1.165) is 21.2 Å². The monoisotopic (exact) mass is 535 g/mol. The van der Waals surface area contributed by atoms with Crippen LogP contribution in [0.1, 0.15) is 66.1 Å². The van der Waals surface area contributed by atoms with Gasteiger partial charge < -0.3 is 14.9 Å². The molecule has 10 heteroatoms. The number of anilines is 1. The second kappa shape index (κ2) is 9.98. The summed E-state index contributed by atoms with van der Waals surface area (Å²) in [5.74, 6) is 6.46. The topological polar surface area (TPSA) is 122 Å². The third-order valence-corrected chi connectivity index (χ3v) is 6.30. The van der Waals surface area contributed by atoms with Crippen LogP contribution in [0.5, 0.6) is 0 Å². The predicted octanol–water partition coefficient (Wildman–Crippen LogP) is 5.20. The van der Waals surface area contributed by atoms with Crippen molar-refractivity contribution in [2.24, 2.45) is 0 Å². The van der Waals surface area contributed by atoms with Gasteiger partial charge in [-0.3, -0.25) is 9.88 Å². The Morgan fingerprint density at radius 3 is 2.55 bits per heavy atom. The maximum Gasteiger partial charge on any atom is 0.414 e. The van der Waals surface area contributed by atoms with Gasteiger partial charge in [-0.15, -0.1) is 11.3 Å². The quantitative estimate of drug-likeness (QED) is 0.300. The molecule has 3 N–H and O–H groups in total. The van der Waals surface area contributed by atoms with Gasteiger partial charge >= 0.3 is 6.09 Å². The highest BCUT2D eigenvalue weighted by Crippen LogP contribution is 2.32. The number of pyridine rings is 1. The van der Waals surface area contributed by atoms with Crippen molar-refractivity contribution < 1.29 is 19.7 Å². The zero-order valence-corrected chi connectivity index (χ0v) is 23.5. The van der Waals surface area contributed by atoms with Gasteiger partial charge in [-0.2, -0.15) is 4.98 Å². The Balaban J connectivity index is 1.87. The molecule has 0 bridgehead atoms. The van der Waals surface area contributed by atoms with E-state index in [0.29, 0.717) is 29.9 Å². The molecule has 0 atom stereocenters. The molecule has 0 saturated heterocycles. The Labute approximate surface area is 225 Å². The van der Waals surface area contributed by atoms with Crippen molar-refractivity contribution in [3.05, 3.63) is 41.2 Å². The average molecular weight is 536 g/mol. The largest absolute Gasteiger partial charge is 0.444 e. The maximum absolute atomic E-state index is 12.5. The van der Waals surface area contributed by atoms with Gasteiger partial charge in [0, 0.05) is 17.8 Å². The lowest BCUT2D eigenvalue weighted by Gasteiger charge is -2.19. The molecule has 4 heterocycles. The second-order valence-corrected chi connectivity index (χ2v) is 12.3. The van der Waals surface area contributed by atoms with Crippen molar-refractivity contribution in [1.82, 2.24) is 19.5 Å². The van der Waals surface area contributed by atoms with Crippen molar-refractivity contribution in [2.75, 3.05) is 5.32 Å². The first-order valence-corrected chi connectivity index (χ1v) is 13.2. The van der Waals surface area contributed by atoms with E-state index in [1.807, 2.05) is 28.3 Å². The first-order valence-electron chi connectivity index (χ1n) is 12.3. The Kier molecular flexibility index (Phi) is 7.23. The number of hydrogen-bond donors (Lipinski definition) is 3. The van der Waals surface area contributed by atoms with Gasteiger partial charge in [0.05, 0.1) is 21.3 Å². The number of nitrogens with zero attached hydrogens (tertiary/aromatic N) is 4. The van der Waals surface area contributed by atoms with Crippen molar-refractivity contribution in [3.8, 4) is 17.7 Å². The van der Waals surface area contributed by atoms with Gasteiger partial charge in [-0.1, -0.05) is 5.92 Å². The number of thiophene rings is 1. The van der Waals surface area contributed by atoms with Crippen LogP contribution in [0.3, 0.4) is 0 Å². The van der Waals surface area contributed by atoms with Crippen LogP contribution >= 0.6 is 11.3 Å². The van der Waals surface area contributed by atoms with Crippen LogP contribution in [0.4, 0.5) is 10.7 Å². The summed E-state index contributed by atoms with van der Waals surface area (Å²) in [5.41, 5.74) is 0.316. The summed E-state index contributed by atoms with van der Waals surface area (Å²) in [4.78, 5) is 26.2. The van der Waals surface area contributed by atoms with Gasteiger partial charge in [0.15, 0.2) is 5.82 Å². The normalized spacial score (nSPS) is 12.4. The highest BCUT2D eigenvalue weighted by Gasteiger charge is 2.21. The molecule has 0 aliphatic rings. The molecule has 4 rings (SSSR count). The lowest BCUT2D eigenvalue weighted by atomic mass is 9.99. The smallest absolute Gasteiger partial charge is 0.414 e. The number of fused-ring (bicyclic) bond motifs is 2. The van der Waals surface area contributed by atoms with E-state index in [2.05, 4.69) is 27.1 Å². The van der Waals surface area contributed by atoms with E-state index >= 15 is 0 Å². The molecule has 0 spiro atoms. The number of carbonyl (C=O) groups is 1. The SMILES string of the molecule is CC(C)(O)C#Cc1cc2c(cn1)c(CCC(C)(C)O)cn2-c1nc(NC(=O)OC(C)(C)C)nc2ccsc12. The molecule has 0 unspecified atom stereocenters. The van der Waals surface area contributed by atoms with Crippen LogP contribution in [-0.2, 0) is 11.2 Å². The molecule has 4 aromatic rings. The second-order valence-electron chi connectivity index (χ2n) is 11.4. The maximum atomic E-state index is 12.5. The number of aromatic nitrogens is 4. The summed E-state index contributed by atoms with van der Waals surface area (Å²) in [6.07, 6.45) is 4.26. The summed E-state index contributed by atoms with van der Waals surface area (Å²) in [6, 6.07) is 3.72. The van der Waals surface area contributed by atoms with E-state index in [1.165, 1.54) is 11.3 Å². The minimum absolute atomic E-state index is 0.121. The van der Waals surface area contributed by atoms with Crippen molar-refractivity contribution in [2.45, 2.75) is 78.1 Å². The molecular formula is C28H33N5O4S. The first-order chi connectivity index (χ1) is 17.6. The first kappa shape index (κ1) is 27.5. The molecular weight excluding hydrogens is 502 g/mol. The number of nitrogens with one attached hydrogen (secondary N) is 1. The molecule has 0 fully saturated rings. The summed E-state index contributed by atoms with van der Waals surface area (Å²) in [7, 11) is 0. The third-order valence-electron chi connectivity index (χ3n) is 5.40. The highest BCUT2D eigenvalue weighted by molar-refractivity contribution is 7.17. The van der Waals surface area contributed by atoms with Crippen LogP contribution in [0.25, 0.3) is 26.9 Å². The number of carbonyl (C=O) groups excluding carboxylic acids is 1. The molecule has 4 aromatic heterocycles. The van der Waals surface area contributed by atoms with Crippen molar-refractivity contribution in [3.63, 3.8) is 0 Å². The van der Waals surface area contributed by atoms with Crippen molar-refractivity contribution in [1.29, 1.82) is 0 Å². The Bertz CT molecular complexity index is 1560. The minimum atomic E-state index is -1.16. The predicted molar refractivity (Wildman–Crippen MR) is 150 cm³/mol. The fourth-order valence-corrected chi connectivity index (χ4v) is 4.57. The zero-order chi connectivity index (χ0) is 27.9. The lowest BCUT2D eigenvalue weighted by molar-refractivity contribution is 0.0633. The number of rotatable bonds is 5. The van der Waals surface area contributed by atoms with Crippen LogP contribution in [-0.4, -0.2) is 52.6 Å². The summed E-state index contributed by atoms with van der Waals surface area (Å²) in [6.45, 7) is 12.1. The van der Waals surface area contributed by atoms with Crippen LogP contribution in [0.15, 0.2) is 29.9 Å². The third kappa shape index (κ3) is 6.86. The minimum Gasteiger partial charge on any atom is -0.444 e. The van der Waals surface area contributed by atoms with Crippen molar-refractivity contribution >= 4 is 44.5 Å². The number of aryl methyl sites for hydroxylation is 1. The number of hydrogen-bond acceptors (Lipinski definition) is 8. The molecule has 0 aliphatic carbocycles. The lowest BCUT2D eigenvalue weighted by Crippen LogP contribution is -2.28. The molecule has 0 radical (unpaired) electrons. The molecule has 1 amide bonds. The van der Waals surface area contributed by atoms with E-state index in [-0.39, 0.29) is 5.95 Å². The Morgan fingerprint density at radius 2 is 1.89 bits per heavy atom. The summed E-state index contributed by atoms with van der Waals surface area (Å²) in [5, 5.41) is 25.9. The summed E-state index contributed by atoms with van der Waals surface area (Å²) < 4.78 is 8.16. The van der Waals surface area contributed by atoms with Crippen LogP contribution < -0.4 is 5.32 Å². The van der Waals surface area contributed by atoms with E-state index < -0.39 is 22.9 Å².